The molecule has 0 bridgehead atoms. The molecule has 0 aromatic rings. The molecule has 0 aromatic heterocycles. The van der Waals surface area contributed by atoms with Crippen LogP contribution in [0.25, 0.3) is 0 Å². The number of carbonyl (C=O) groups excluding carboxylic acids is 4. The minimum Gasteiger partial charge on any atom is -0.459 e. The molecule has 16 nitrogen and oxygen atoms in total. The fourth-order valence-electron chi connectivity index (χ4n) is 18.1. The third-order valence-electron chi connectivity index (χ3n) is 26.2. The summed E-state index contributed by atoms with van der Waals surface area (Å²) in [4.78, 5) is 56.5. The number of aliphatic hydroxyl groups is 2. The van der Waals surface area contributed by atoms with Gasteiger partial charge in [0.1, 0.15) is 29.2 Å². The molecule has 0 spiro atoms. The Morgan fingerprint density at radius 1 is 0.454 bits per heavy atom. The molecule has 5 saturated heterocycles. The Morgan fingerprint density at radius 3 is 1.20 bits per heavy atom. The summed E-state index contributed by atoms with van der Waals surface area (Å²) in [5.74, 6) is -2.51. The van der Waals surface area contributed by atoms with Gasteiger partial charge in [-0.2, -0.15) is 0 Å². The summed E-state index contributed by atoms with van der Waals surface area (Å²) >= 11 is 0. The van der Waals surface area contributed by atoms with Crippen LogP contribution < -0.4 is 0 Å². The minimum atomic E-state index is -1.49. The van der Waals surface area contributed by atoms with Gasteiger partial charge in [0.2, 0.25) is 0 Å². The van der Waals surface area contributed by atoms with E-state index in [0.717, 1.165) is 12.8 Å². The van der Waals surface area contributed by atoms with E-state index in [-0.39, 0.29) is 82.3 Å². The van der Waals surface area contributed by atoms with E-state index < -0.39 is 119 Å². The lowest BCUT2D eigenvalue weighted by Crippen LogP contribution is -2.56. The van der Waals surface area contributed by atoms with Gasteiger partial charge >= 0.3 is 11.9 Å². The molecule has 2 N–H and O–H groups in total. The zero-order valence-electron chi connectivity index (χ0n) is 66.9. The minimum absolute atomic E-state index is 0.0212. The van der Waals surface area contributed by atoms with Crippen LogP contribution in [-0.2, 0) is 66.5 Å². The highest BCUT2D eigenvalue weighted by molar-refractivity contribution is 5.96. The van der Waals surface area contributed by atoms with Gasteiger partial charge in [-0.05, 0) is 163 Å². The molecule has 97 heavy (non-hydrogen) atoms. The van der Waals surface area contributed by atoms with E-state index in [2.05, 4.69) is 138 Å². The van der Waals surface area contributed by atoms with Crippen LogP contribution in [0.15, 0.2) is 11.6 Å². The van der Waals surface area contributed by atoms with Gasteiger partial charge in [0, 0.05) is 54.3 Å². The number of carbonyl (C=O) groups is 4. The molecule has 0 radical (unpaired) electrons. The first kappa shape index (κ1) is 85.3. The van der Waals surface area contributed by atoms with Gasteiger partial charge in [0.05, 0.1) is 60.7 Å². The number of allylic oxidation sites excluding steroid dienone is 1. The maximum absolute atomic E-state index is 14.3. The van der Waals surface area contributed by atoms with Gasteiger partial charge in [-0.15, -0.1) is 0 Å². The van der Waals surface area contributed by atoms with Crippen LogP contribution in [0, 0.1) is 105 Å². The Hall–Kier alpha value is -2.38. The maximum atomic E-state index is 14.3. The summed E-state index contributed by atoms with van der Waals surface area (Å²) in [5.41, 5.74) is -3.48. The second kappa shape index (κ2) is 34.0. The summed E-state index contributed by atoms with van der Waals surface area (Å²) < 4.78 is 66.5. The Balaban J connectivity index is 0.000000351. The molecule has 4 unspecified atom stereocenters. The lowest BCUT2D eigenvalue weighted by molar-refractivity contribution is -0.294. The van der Waals surface area contributed by atoms with Gasteiger partial charge in [-0.25, -0.2) is 0 Å². The van der Waals surface area contributed by atoms with Gasteiger partial charge < -0.3 is 57.6 Å². The predicted molar refractivity (Wildman–Crippen MR) is 383 cm³/mol. The van der Waals surface area contributed by atoms with Crippen LogP contribution in [0.4, 0.5) is 0 Å². The highest BCUT2D eigenvalue weighted by atomic mass is 16.7. The van der Waals surface area contributed by atoms with Gasteiger partial charge in [-0.1, -0.05) is 166 Å². The van der Waals surface area contributed by atoms with E-state index in [4.69, 9.17) is 47.4 Å². The third-order valence-corrected chi connectivity index (χ3v) is 26.2. The average molecular weight is 1370 g/mol. The van der Waals surface area contributed by atoms with Crippen molar-refractivity contribution in [3.8, 4) is 0 Å². The molecular weight excluding hydrogens is 1230 g/mol. The van der Waals surface area contributed by atoms with Crippen molar-refractivity contribution in [3.05, 3.63) is 11.6 Å². The molecular formula is C81H144O16. The molecule has 6 aliphatic rings. The summed E-state index contributed by atoms with van der Waals surface area (Å²) in [5, 5.41) is 24.0. The third kappa shape index (κ3) is 19.9. The van der Waals surface area contributed by atoms with E-state index in [9.17, 15) is 29.4 Å². The first-order valence-electron chi connectivity index (χ1n) is 38.5. The zero-order valence-corrected chi connectivity index (χ0v) is 66.9. The van der Waals surface area contributed by atoms with Crippen molar-refractivity contribution < 1.29 is 76.8 Å². The van der Waals surface area contributed by atoms with Crippen molar-refractivity contribution in [3.63, 3.8) is 0 Å². The lowest BCUT2D eigenvalue weighted by Gasteiger charge is -2.49. The van der Waals surface area contributed by atoms with Crippen molar-refractivity contribution in [2.75, 3.05) is 0 Å². The average Bonchev–Trinajstić information content (AvgIpc) is 0.781. The van der Waals surface area contributed by atoms with Crippen LogP contribution >= 0.6 is 0 Å². The topological polar surface area (TPSA) is 201 Å². The Bertz CT molecular complexity index is 2580. The molecule has 0 aliphatic carbocycles. The predicted octanol–water partition coefficient (Wildman–Crippen LogP) is 16.9. The number of ether oxygens (including phenoxy) is 10. The molecule has 0 aromatic carbocycles. The fraction of sp³-hybridized carbons (Fsp3) is 0.926. The van der Waals surface area contributed by atoms with Crippen molar-refractivity contribution >= 4 is 23.5 Å². The second-order valence-corrected chi connectivity index (χ2v) is 35.6. The number of ketones is 2. The Kier molecular flexibility index (Phi) is 29.9. The maximum Gasteiger partial charge on any atom is 0.311 e. The zero-order chi connectivity index (χ0) is 73.9. The van der Waals surface area contributed by atoms with Crippen LogP contribution in [-0.4, -0.2) is 131 Å². The molecule has 6 rings (SSSR count). The highest BCUT2D eigenvalue weighted by Gasteiger charge is 2.54. The SMILES string of the molecule is CC[C@H]1OC(=O)[C@H](C)[C@@H](OC2CC(C)(C)[C@@H](C)[C@H](C)O2)[C@H](C)[C@@H](OC2O[C@H](C)C[C@H](C)[C@H]2C)C(C)(C)C[C@@H](C)C(=O)/C(C)=C/[C@@]1(O)CC.CC[C@H]1OC(=O)[C@H](C)[C@@H](OC2CC(C)(C)[C@@H](C)[C@H](C)O2)[C@H](C)[C@@H](OC2O[C@H](C)C[C@H](C)[C@H]2C)C(C)(C)C[C@@H](C)C(=O)[C@H](C)[C@@H](C)[C@@]1(O)CC. The standard InChI is InChI=1S/C41H74O8.C40H70O8/c1-17-32-41(44,18-2)29(10)26(7)34(42)23(4)20-40(15,16)36(49-38-25(6)22(3)19-24(5)45-38)27(8)35(28(9)37(43)47-32)48-33-21-39(13,14)30(11)31(12)46-33;1-16-31-40(43,17-2)20-24(5)33(41)23(4)19-39(14,15)35(48-37-26(7)22(3)18-25(6)44-37)27(8)34(28(9)36(42)46-31)47-32-21-38(12,13)29(10)30(11)45-32/h22-33,35-36,38,44H,17-21H2,1-16H3;20,22-23,25-32,34-35,37,43H,16-19,21H2,1-15H3/b;24-20+/t22-,23+,24+,25+,26+,27-,28+,29+,30-,31-,32+,33?,35-,36+,38?,41-;22-,23+,25+,26+,27-,28+,29-,30-,31+,32?,34-,35+,37?,40-/m00/s1. The fourth-order valence-corrected chi connectivity index (χ4v) is 18.1. The van der Waals surface area contributed by atoms with Crippen molar-refractivity contribution in [2.24, 2.45) is 105 Å². The van der Waals surface area contributed by atoms with Crippen molar-refractivity contribution in [1.29, 1.82) is 0 Å². The summed E-state index contributed by atoms with van der Waals surface area (Å²) in [6.07, 6.45) is 1.86. The van der Waals surface area contributed by atoms with Crippen LogP contribution in [0.3, 0.4) is 0 Å². The molecule has 16 heteroatoms. The van der Waals surface area contributed by atoms with E-state index in [0.29, 0.717) is 80.6 Å². The number of hydrogen-bond acceptors (Lipinski definition) is 16. The highest BCUT2D eigenvalue weighted by Crippen LogP contribution is 2.50. The van der Waals surface area contributed by atoms with E-state index in [1.807, 2.05) is 69.2 Å². The Morgan fingerprint density at radius 2 is 0.835 bits per heavy atom. The van der Waals surface area contributed by atoms with Crippen LogP contribution in [0.5, 0.6) is 0 Å². The van der Waals surface area contributed by atoms with Crippen LogP contribution in [0.1, 0.15) is 279 Å². The summed E-state index contributed by atoms with van der Waals surface area (Å²) in [6.45, 7) is 64.3. The largest absolute Gasteiger partial charge is 0.459 e. The van der Waals surface area contributed by atoms with E-state index in [1.165, 1.54) is 0 Å². The molecule has 30 atom stereocenters. The Labute approximate surface area is 590 Å². The first-order chi connectivity index (χ1) is 44.6. The van der Waals surface area contributed by atoms with Crippen molar-refractivity contribution in [1.82, 2.24) is 0 Å². The molecule has 0 saturated carbocycles. The molecule has 564 valence electrons. The molecule has 5 fully saturated rings. The van der Waals surface area contributed by atoms with Gasteiger partial charge in [0.25, 0.3) is 0 Å². The first-order valence-corrected chi connectivity index (χ1v) is 38.5. The van der Waals surface area contributed by atoms with E-state index >= 15 is 0 Å². The van der Waals surface area contributed by atoms with Crippen molar-refractivity contribution in [2.45, 2.75) is 376 Å². The van der Waals surface area contributed by atoms with Gasteiger partial charge in [0.15, 0.2) is 30.9 Å². The molecule has 6 aliphatic heterocycles. The number of Topliss-reactive ketones (excluding diaryl/α,β-unsaturated/α-hetero) is 2. The summed E-state index contributed by atoms with van der Waals surface area (Å²) in [6, 6.07) is 0. The van der Waals surface area contributed by atoms with Gasteiger partial charge in [-0.3, -0.25) is 19.2 Å². The monoisotopic (exact) mass is 1370 g/mol. The quantitative estimate of drug-likeness (QED) is 0.175. The smallest absolute Gasteiger partial charge is 0.311 e. The second-order valence-electron chi connectivity index (χ2n) is 35.6. The number of hydrogen-bond donors (Lipinski definition) is 2. The number of cyclic esters (lactones) is 2. The van der Waals surface area contributed by atoms with Crippen LogP contribution in [0.2, 0.25) is 0 Å². The normalized spacial score (nSPS) is 46.5. The summed E-state index contributed by atoms with van der Waals surface area (Å²) in [7, 11) is 0. The number of rotatable bonds is 12. The number of esters is 2. The lowest BCUT2D eigenvalue weighted by atomic mass is 9.67. The molecule has 0 amide bonds. The molecule has 6 heterocycles. The van der Waals surface area contributed by atoms with E-state index in [1.54, 1.807) is 13.0 Å².